The molecule has 4 nitrogen and oxygen atoms in total. The molecule has 1 aromatic heterocycles. The summed E-state index contributed by atoms with van der Waals surface area (Å²) in [5, 5.41) is 2.62. The van der Waals surface area contributed by atoms with Crippen molar-refractivity contribution >= 4 is 81.3 Å². The van der Waals surface area contributed by atoms with E-state index >= 15 is 0 Å². The van der Waals surface area contributed by atoms with Gasteiger partial charge in [0.05, 0.1) is 6.26 Å². The zero-order valence-electron chi connectivity index (χ0n) is 11.0. The Morgan fingerprint density at radius 1 is 1.09 bits per heavy atom. The molecule has 2 rings (SSSR count). The average Bonchev–Trinajstić information content (AvgIpc) is 2.79. The second-order valence-electron chi connectivity index (χ2n) is 4.31. The van der Waals surface area contributed by atoms with Crippen LogP contribution in [-0.4, -0.2) is 19.3 Å². The van der Waals surface area contributed by atoms with Crippen LogP contribution in [0.2, 0.25) is 0 Å². The van der Waals surface area contributed by atoms with Gasteiger partial charge in [-0.1, -0.05) is 69.6 Å². The molecule has 0 aromatic carbocycles. The first-order valence-corrected chi connectivity index (χ1v) is 8.16. The van der Waals surface area contributed by atoms with Gasteiger partial charge in [-0.3, -0.25) is 0 Å². The van der Waals surface area contributed by atoms with Crippen LogP contribution < -0.4 is 5.32 Å². The van der Waals surface area contributed by atoms with Gasteiger partial charge in [0.2, 0.25) is 7.59 Å². The van der Waals surface area contributed by atoms with Gasteiger partial charge >= 0.3 is 0 Å². The third-order valence-corrected chi connectivity index (χ3v) is 3.77. The van der Waals surface area contributed by atoms with Crippen LogP contribution in [0.5, 0.6) is 0 Å². The van der Waals surface area contributed by atoms with Crippen LogP contribution in [0.1, 0.15) is 11.3 Å². The maximum atomic E-state index is 5.83. The minimum atomic E-state index is -1.80. The lowest BCUT2D eigenvalue weighted by molar-refractivity contribution is 0.531. The van der Waals surface area contributed by atoms with Crippen LogP contribution in [0.3, 0.4) is 0 Å². The van der Waals surface area contributed by atoms with Crippen LogP contribution in [0.25, 0.3) is 0 Å². The van der Waals surface area contributed by atoms with Gasteiger partial charge in [-0.05, 0) is 31.1 Å². The molecule has 1 N–H and O–H groups in total. The van der Waals surface area contributed by atoms with Crippen molar-refractivity contribution < 1.29 is 4.42 Å². The lowest BCUT2D eigenvalue weighted by Crippen LogP contribution is -2.46. The van der Waals surface area contributed by atoms with Crippen LogP contribution in [0.15, 0.2) is 38.6 Å². The van der Waals surface area contributed by atoms with E-state index in [0.29, 0.717) is 6.42 Å². The number of halogens is 6. The summed E-state index contributed by atoms with van der Waals surface area (Å²) in [4.78, 5) is 8.25. The lowest BCUT2D eigenvalue weighted by Gasteiger charge is -2.24. The van der Waals surface area contributed by atoms with Gasteiger partial charge in [0.1, 0.15) is 5.76 Å². The Morgan fingerprint density at radius 3 is 2.05 bits per heavy atom. The van der Waals surface area contributed by atoms with Gasteiger partial charge in [-0.25, -0.2) is 9.98 Å². The number of aryl methyl sites for hydroxylation is 1. The highest BCUT2D eigenvalue weighted by Gasteiger charge is 2.37. The Bertz CT molecular complexity index is 619. The summed E-state index contributed by atoms with van der Waals surface area (Å²) in [7, 11) is 0. The summed E-state index contributed by atoms with van der Waals surface area (Å²) in [5.41, 5.74) is 0.974. The van der Waals surface area contributed by atoms with Crippen molar-refractivity contribution in [2.24, 2.45) is 9.98 Å². The summed E-state index contributed by atoms with van der Waals surface area (Å²) in [6.45, 7) is 1.85. The van der Waals surface area contributed by atoms with E-state index in [4.69, 9.17) is 74.0 Å². The van der Waals surface area contributed by atoms with E-state index in [1.807, 2.05) is 13.0 Å². The summed E-state index contributed by atoms with van der Waals surface area (Å²) < 4.78 is 1.61. The van der Waals surface area contributed by atoms with Crippen LogP contribution in [0.4, 0.5) is 0 Å². The molecule has 10 heteroatoms. The maximum Gasteiger partial charge on any atom is 0.248 e. The van der Waals surface area contributed by atoms with Gasteiger partial charge in [0.15, 0.2) is 17.5 Å². The molecule has 0 atom stereocenters. The Hall–Kier alpha value is -0.100. The number of hydrogen-bond acceptors (Lipinski definition) is 4. The third-order valence-electron chi connectivity index (χ3n) is 2.70. The van der Waals surface area contributed by atoms with Crippen molar-refractivity contribution in [3.05, 3.63) is 35.6 Å². The predicted molar refractivity (Wildman–Crippen MR) is 93.8 cm³/mol. The van der Waals surface area contributed by atoms with Crippen molar-refractivity contribution in [2.45, 2.75) is 20.9 Å². The number of hydrogen-bond donors (Lipinski definition) is 1. The molecule has 0 amide bonds. The first-order valence-electron chi connectivity index (χ1n) is 5.89. The van der Waals surface area contributed by atoms with Gasteiger partial charge in [-0.2, -0.15) is 0 Å². The zero-order valence-corrected chi connectivity index (χ0v) is 15.5. The van der Waals surface area contributed by atoms with Gasteiger partial charge in [0.25, 0.3) is 0 Å². The van der Waals surface area contributed by atoms with Crippen LogP contribution in [0, 0.1) is 6.92 Å². The topological polar surface area (TPSA) is 49.9 Å². The molecular weight excluding hydrogens is 415 g/mol. The van der Waals surface area contributed by atoms with Gasteiger partial charge in [-0.15, -0.1) is 0 Å². The summed E-state index contributed by atoms with van der Waals surface area (Å²) in [6.07, 6.45) is 3.83. The number of allylic oxidation sites excluding steroid dienone is 1. The standard InChI is InChI=1S/C12H9Cl6N3O/c1-6-7(4-5-22-6)2-3-8-19-9(11(13,14)15)21-10(20-8)12(16,17)18/h3-5H,2H2,1H3,(H,19,20,21). The molecule has 0 radical (unpaired) electrons. The summed E-state index contributed by atoms with van der Waals surface area (Å²) >= 11 is 35.0. The number of aliphatic imine (C=N–C) groups is 2. The fourth-order valence-electron chi connectivity index (χ4n) is 1.61. The van der Waals surface area contributed by atoms with Crippen molar-refractivity contribution in [3.63, 3.8) is 0 Å². The van der Waals surface area contributed by atoms with Crippen molar-refractivity contribution in [1.82, 2.24) is 5.32 Å². The number of nitrogens with one attached hydrogen (secondary N) is 1. The first kappa shape index (κ1) is 18.2. The maximum absolute atomic E-state index is 5.83. The van der Waals surface area contributed by atoms with E-state index in [1.54, 1.807) is 12.3 Å². The number of rotatable bonds is 2. The Morgan fingerprint density at radius 2 is 1.64 bits per heavy atom. The summed E-state index contributed by atoms with van der Waals surface area (Å²) in [6, 6.07) is 1.84. The zero-order chi connectivity index (χ0) is 16.5. The fourth-order valence-corrected chi connectivity index (χ4v) is 2.14. The van der Waals surface area contributed by atoms with E-state index in [0.717, 1.165) is 11.3 Å². The van der Waals surface area contributed by atoms with Crippen molar-refractivity contribution in [2.75, 3.05) is 0 Å². The quantitative estimate of drug-likeness (QED) is 0.672. The van der Waals surface area contributed by atoms with E-state index in [9.17, 15) is 0 Å². The van der Waals surface area contributed by atoms with Gasteiger partial charge < -0.3 is 9.73 Å². The highest BCUT2D eigenvalue weighted by atomic mass is 35.6. The smallest absolute Gasteiger partial charge is 0.248 e. The molecular formula is C12H9Cl6N3O. The Kier molecular flexibility index (Phi) is 5.63. The SMILES string of the molecule is Cc1occc1CC=C1N=C(C(Cl)(Cl)Cl)NC(C(Cl)(Cl)Cl)=N1. The minimum Gasteiger partial charge on any atom is -0.469 e. The number of alkyl halides is 6. The molecule has 0 bridgehead atoms. The molecule has 120 valence electrons. The van der Waals surface area contributed by atoms with E-state index in [1.165, 1.54) is 0 Å². The number of furan rings is 1. The normalized spacial score (nSPS) is 16.0. The predicted octanol–water partition coefficient (Wildman–Crippen LogP) is 5.11. The minimum absolute atomic E-state index is 0.00369. The van der Waals surface area contributed by atoms with E-state index in [2.05, 4.69) is 15.3 Å². The summed E-state index contributed by atoms with van der Waals surface area (Å²) in [5.74, 6) is 1.07. The largest absolute Gasteiger partial charge is 0.469 e. The molecule has 0 saturated carbocycles. The second-order valence-corrected chi connectivity index (χ2v) is 8.87. The fraction of sp³-hybridized carbons (Fsp3) is 0.333. The van der Waals surface area contributed by atoms with Gasteiger partial charge in [0, 0.05) is 0 Å². The molecule has 1 aliphatic rings. The van der Waals surface area contributed by atoms with Crippen LogP contribution in [-0.2, 0) is 6.42 Å². The molecule has 2 heterocycles. The lowest BCUT2D eigenvalue weighted by atomic mass is 10.2. The van der Waals surface area contributed by atoms with Crippen molar-refractivity contribution in [1.29, 1.82) is 0 Å². The molecule has 0 aliphatic carbocycles. The van der Waals surface area contributed by atoms with Crippen molar-refractivity contribution in [3.8, 4) is 0 Å². The monoisotopic (exact) mass is 421 g/mol. The highest BCUT2D eigenvalue weighted by Crippen LogP contribution is 2.33. The number of amidine groups is 2. The second kappa shape index (κ2) is 6.80. The molecule has 0 fully saturated rings. The van der Waals surface area contributed by atoms with E-state index < -0.39 is 7.59 Å². The molecule has 22 heavy (non-hydrogen) atoms. The molecule has 1 aliphatic heterocycles. The van der Waals surface area contributed by atoms with E-state index in [-0.39, 0.29) is 17.5 Å². The molecule has 0 spiro atoms. The van der Waals surface area contributed by atoms with Crippen LogP contribution >= 0.6 is 69.6 Å². The Balaban J connectivity index is 2.33. The molecule has 0 saturated heterocycles. The first-order chi connectivity index (χ1) is 10.1. The molecule has 1 aromatic rings. The third kappa shape index (κ3) is 4.70. The number of nitrogens with zero attached hydrogens (tertiary/aromatic N) is 2. The Labute approximate surface area is 157 Å². The average molecular weight is 424 g/mol. The molecule has 0 unspecified atom stereocenters. The highest BCUT2D eigenvalue weighted by molar-refractivity contribution is 6.79.